The van der Waals surface area contributed by atoms with E-state index in [4.69, 9.17) is 0 Å². The van der Waals surface area contributed by atoms with E-state index >= 15 is 0 Å². The van der Waals surface area contributed by atoms with E-state index < -0.39 is 0 Å². The molecule has 0 spiro atoms. The number of benzene rings is 2. The molecule has 2 aromatic rings. The summed E-state index contributed by atoms with van der Waals surface area (Å²) in [6, 6.07) is 17.7. The van der Waals surface area contributed by atoms with Crippen LogP contribution in [0.5, 0.6) is 0 Å². The molecule has 164 valence electrons. The van der Waals surface area contributed by atoms with E-state index in [1.54, 1.807) is 0 Å². The van der Waals surface area contributed by atoms with E-state index in [0.29, 0.717) is 13.0 Å². The fourth-order valence-electron chi connectivity index (χ4n) is 4.02. The molecule has 1 saturated heterocycles. The Labute approximate surface area is 184 Å². The molecule has 6 heteroatoms. The minimum atomic E-state index is -0.0913. The first-order valence-electron chi connectivity index (χ1n) is 11.3. The molecule has 2 amide bonds. The van der Waals surface area contributed by atoms with Crippen molar-refractivity contribution in [2.45, 2.75) is 25.7 Å². The van der Waals surface area contributed by atoms with E-state index in [9.17, 15) is 9.59 Å². The van der Waals surface area contributed by atoms with Gasteiger partial charge in [0, 0.05) is 57.1 Å². The fraction of sp³-hybridized carbons (Fsp3) is 0.440. The fourth-order valence-corrected chi connectivity index (χ4v) is 4.02. The monoisotopic (exact) mass is 420 g/mol. The summed E-state index contributed by atoms with van der Waals surface area (Å²) in [7, 11) is 0. The van der Waals surface area contributed by atoms with Crippen LogP contribution in [0.3, 0.4) is 0 Å². The largest absolute Gasteiger partial charge is 0.369 e. The number of carbonyl (C=O) groups is 2. The molecule has 1 aliphatic carbocycles. The highest BCUT2D eigenvalue weighted by atomic mass is 16.2. The summed E-state index contributed by atoms with van der Waals surface area (Å²) < 4.78 is 0. The van der Waals surface area contributed by atoms with E-state index in [-0.39, 0.29) is 18.2 Å². The molecule has 6 nitrogen and oxygen atoms in total. The smallest absolute Gasteiger partial charge is 0.226 e. The van der Waals surface area contributed by atoms with E-state index in [1.807, 2.05) is 48.5 Å². The van der Waals surface area contributed by atoms with Crippen LogP contribution in [0, 0.1) is 5.92 Å². The number of nitrogens with zero attached hydrogens (tertiary/aromatic N) is 2. The first kappa shape index (κ1) is 21.4. The van der Waals surface area contributed by atoms with Crippen LogP contribution in [0.15, 0.2) is 54.6 Å². The Morgan fingerprint density at radius 1 is 0.903 bits per heavy atom. The maximum atomic E-state index is 12.3. The third-order valence-corrected chi connectivity index (χ3v) is 5.96. The molecule has 2 fully saturated rings. The first-order chi connectivity index (χ1) is 15.2. The van der Waals surface area contributed by atoms with Gasteiger partial charge in [-0.2, -0.15) is 0 Å². The van der Waals surface area contributed by atoms with Crippen LogP contribution in [0.4, 0.5) is 11.4 Å². The van der Waals surface area contributed by atoms with Crippen LogP contribution >= 0.6 is 0 Å². The van der Waals surface area contributed by atoms with Gasteiger partial charge in [0.15, 0.2) is 0 Å². The van der Waals surface area contributed by atoms with Crippen LogP contribution in [-0.4, -0.2) is 56.0 Å². The maximum absolute atomic E-state index is 12.3. The summed E-state index contributed by atoms with van der Waals surface area (Å²) in [5.41, 5.74) is 2.92. The topological polar surface area (TPSA) is 64.7 Å². The lowest BCUT2D eigenvalue weighted by Crippen LogP contribution is -2.47. The zero-order valence-electron chi connectivity index (χ0n) is 18.1. The van der Waals surface area contributed by atoms with Crippen molar-refractivity contribution in [3.63, 3.8) is 0 Å². The van der Waals surface area contributed by atoms with Crippen LogP contribution in [0.2, 0.25) is 0 Å². The van der Waals surface area contributed by atoms with Crippen molar-refractivity contribution < 1.29 is 9.59 Å². The van der Waals surface area contributed by atoms with Gasteiger partial charge in [-0.1, -0.05) is 36.4 Å². The van der Waals surface area contributed by atoms with Crippen molar-refractivity contribution in [3.8, 4) is 0 Å². The summed E-state index contributed by atoms with van der Waals surface area (Å²) in [5.74, 6) is 0.779. The standard InChI is InChI=1S/C25H32N4O2/c30-24(11-12-26-25(31)17-20-5-2-1-3-6-20)27-22-7-4-8-23(18-22)29-15-13-28(14-16-29)19-21-9-10-21/h1-8,18,21H,9-17,19H2,(H,26,31)(H,27,30). The molecular formula is C25H32N4O2. The zero-order valence-corrected chi connectivity index (χ0v) is 18.1. The highest BCUT2D eigenvalue weighted by Gasteiger charge is 2.26. The van der Waals surface area contributed by atoms with E-state index in [2.05, 4.69) is 26.5 Å². The van der Waals surface area contributed by atoms with E-state index in [0.717, 1.165) is 49.0 Å². The summed E-state index contributed by atoms with van der Waals surface area (Å²) in [6.07, 6.45) is 3.39. The van der Waals surface area contributed by atoms with Crippen LogP contribution in [0.25, 0.3) is 0 Å². The Hall–Kier alpha value is -2.86. The Morgan fingerprint density at radius 2 is 1.68 bits per heavy atom. The zero-order chi connectivity index (χ0) is 21.5. The Bertz CT molecular complexity index is 874. The van der Waals surface area contributed by atoms with Crippen LogP contribution < -0.4 is 15.5 Å². The average Bonchev–Trinajstić information content (AvgIpc) is 3.59. The van der Waals surface area contributed by atoms with Crippen molar-refractivity contribution in [1.82, 2.24) is 10.2 Å². The third-order valence-electron chi connectivity index (χ3n) is 5.96. The predicted octanol–water partition coefficient (Wildman–Crippen LogP) is 2.91. The number of rotatable bonds is 9. The number of carbonyl (C=O) groups excluding carboxylic acids is 2. The summed E-state index contributed by atoms with van der Waals surface area (Å²) >= 11 is 0. The van der Waals surface area contributed by atoms with Gasteiger partial charge < -0.3 is 15.5 Å². The van der Waals surface area contributed by atoms with Crippen molar-refractivity contribution in [2.24, 2.45) is 5.92 Å². The normalized spacial score (nSPS) is 16.7. The lowest BCUT2D eigenvalue weighted by Gasteiger charge is -2.36. The number of amides is 2. The summed E-state index contributed by atoms with van der Waals surface area (Å²) in [6.45, 7) is 5.85. The van der Waals surface area contributed by atoms with Crippen molar-refractivity contribution in [2.75, 3.05) is 49.5 Å². The third kappa shape index (κ3) is 6.82. The van der Waals surface area contributed by atoms with Gasteiger partial charge in [0.1, 0.15) is 0 Å². The molecule has 0 bridgehead atoms. The summed E-state index contributed by atoms with van der Waals surface area (Å²) in [4.78, 5) is 29.3. The highest BCUT2D eigenvalue weighted by molar-refractivity contribution is 5.91. The highest BCUT2D eigenvalue weighted by Crippen LogP contribution is 2.30. The molecule has 4 rings (SSSR count). The van der Waals surface area contributed by atoms with Crippen LogP contribution in [-0.2, 0) is 16.0 Å². The molecule has 1 heterocycles. The molecular weight excluding hydrogens is 388 g/mol. The minimum Gasteiger partial charge on any atom is -0.369 e. The number of hydrogen-bond donors (Lipinski definition) is 2. The van der Waals surface area contributed by atoms with Gasteiger partial charge in [-0.05, 0) is 42.5 Å². The molecule has 2 aromatic carbocycles. The Balaban J connectivity index is 1.18. The van der Waals surface area contributed by atoms with Gasteiger partial charge in [0.05, 0.1) is 6.42 Å². The second kappa shape index (κ2) is 10.4. The summed E-state index contributed by atoms with van der Waals surface area (Å²) in [5, 5.41) is 5.78. The van der Waals surface area contributed by atoms with Gasteiger partial charge in [0.2, 0.25) is 11.8 Å². The minimum absolute atomic E-state index is 0.0678. The predicted molar refractivity (Wildman–Crippen MR) is 124 cm³/mol. The molecule has 2 N–H and O–H groups in total. The van der Waals surface area contributed by atoms with Gasteiger partial charge in [-0.3, -0.25) is 14.5 Å². The quantitative estimate of drug-likeness (QED) is 0.655. The van der Waals surface area contributed by atoms with Crippen molar-refractivity contribution >= 4 is 23.2 Å². The molecule has 31 heavy (non-hydrogen) atoms. The molecule has 0 atom stereocenters. The molecule has 1 aliphatic heterocycles. The first-order valence-corrected chi connectivity index (χ1v) is 11.3. The van der Waals surface area contributed by atoms with Gasteiger partial charge >= 0.3 is 0 Å². The molecule has 2 aliphatic rings. The maximum Gasteiger partial charge on any atom is 0.226 e. The molecule has 1 saturated carbocycles. The number of nitrogens with one attached hydrogen (secondary N) is 2. The molecule has 0 radical (unpaired) electrons. The van der Waals surface area contributed by atoms with Crippen molar-refractivity contribution in [3.05, 3.63) is 60.2 Å². The molecule has 0 unspecified atom stereocenters. The van der Waals surface area contributed by atoms with Gasteiger partial charge in [-0.25, -0.2) is 0 Å². The van der Waals surface area contributed by atoms with E-state index in [1.165, 1.54) is 19.4 Å². The lowest BCUT2D eigenvalue weighted by atomic mass is 10.1. The average molecular weight is 421 g/mol. The van der Waals surface area contributed by atoms with Gasteiger partial charge in [0.25, 0.3) is 0 Å². The second-order valence-corrected chi connectivity index (χ2v) is 8.59. The Kier molecular flexibility index (Phi) is 7.20. The van der Waals surface area contributed by atoms with Crippen LogP contribution in [0.1, 0.15) is 24.8 Å². The molecule has 0 aromatic heterocycles. The van der Waals surface area contributed by atoms with Crippen molar-refractivity contribution in [1.29, 1.82) is 0 Å². The lowest BCUT2D eigenvalue weighted by molar-refractivity contribution is -0.120. The second-order valence-electron chi connectivity index (χ2n) is 8.59. The SMILES string of the molecule is O=C(Cc1ccccc1)NCCC(=O)Nc1cccc(N2CCN(CC3CC3)CC2)c1. The number of hydrogen-bond acceptors (Lipinski definition) is 4. The van der Waals surface area contributed by atoms with Gasteiger partial charge in [-0.15, -0.1) is 0 Å². The number of anilines is 2. The number of piperazine rings is 1. The Morgan fingerprint density at radius 3 is 2.42 bits per heavy atom.